The molecule has 0 aliphatic carbocycles. The van der Waals surface area contributed by atoms with Crippen LogP contribution in [0.3, 0.4) is 0 Å². The first-order valence-electron chi connectivity index (χ1n) is 10.2. The molecule has 1 amide bonds. The van der Waals surface area contributed by atoms with Crippen molar-refractivity contribution in [2.24, 2.45) is 0 Å². The number of aliphatic hydroxyl groups excluding tert-OH is 1. The molecule has 0 bridgehead atoms. The van der Waals surface area contributed by atoms with E-state index in [2.05, 4.69) is 20.6 Å². The van der Waals surface area contributed by atoms with Gasteiger partial charge in [-0.1, -0.05) is 64.9 Å². The molecule has 2 N–H and O–H groups in total. The van der Waals surface area contributed by atoms with E-state index in [1.54, 1.807) is 18.2 Å². The SMILES string of the molecule is N#CCCNC(=O)[C@@H](O)c1ccc(-c2noc(-c3onc(-c4ccccc4)c3C(F)(F)F)n2)cc1. The van der Waals surface area contributed by atoms with E-state index in [0.29, 0.717) is 5.56 Å². The van der Waals surface area contributed by atoms with Gasteiger partial charge in [0.2, 0.25) is 11.6 Å². The lowest BCUT2D eigenvalue weighted by molar-refractivity contribution is -0.137. The number of rotatable bonds is 7. The molecule has 0 aliphatic rings. The normalized spacial score (nSPS) is 12.2. The highest BCUT2D eigenvalue weighted by atomic mass is 19.4. The van der Waals surface area contributed by atoms with Crippen LogP contribution in [0.15, 0.2) is 63.6 Å². The molecule has 2 aromatic carbocycles. The molecule has 1 atom stereocenters. The third-order valence-electron chi connectivity index (χ3n) is 4.91. The quantitative estimate of drug-likeness (QED) is 0.374. The Kier molecular flexibility index (Phi) is 6.61. The number of nitriles is 1. The summed E-state index contributed by atoms with van der Waals surface area (Å²) >= 11 is 0. The van der Waals surface area contributed by atoms with Crippen molar-refractivity contribution in [3.05, 3.63) is 65.7 Å². The number of carbonyl (C=O) groups is 1. The summed E-state index contributed by atoms with van der Waals surface area (Å²) < 4.78 is 51.6. The van der Waals surface area contributed by atoms with Crippen molar-refractivity contribution < 1.29 is 32.1 Å². The Morgan fingerprint density at radius 3 is 2.43 bits per heavy atom. The van der Waals surface area contributed by atoms with Crippen LogP contribution in [0.2, 0.25) is 0 Å². The van der Waals surface area contributed by atoms with Gasteiger partial charge in [0.25, 0.3) is 11.8 Å². The zero-order valence-corrected chi connectivity index (χ0v) is 17.8. The zero-order valence-electron chi connectivity index (χ0n) is 17.8. The molecule has 178 valence electrons. The highest BCUT2D eigenvalue weighted by Crippen LogP contribution is 2.43. The number of aliphatic hydroxyl groups is 1. The molecule has 0 radical (unpaired) electrons. The Morgan fingerprint density at radius 2 is 1.77 bits per heavy atom. The summed E-state index contributed by atoms with van der Waals surface area (Å²) in [5, 5.41) is 28.4. The summed E-state index contributed by atoms with van der Waals surface area (Å²) in [6, 6.07) is 15.4. The van der Waals surface area contributed by atoms with Crippen LogP contribution in [-0.2, 0) is 11.0 Å². The number of aromatic nitrogens is 3. The Hall–Kier alpha value is -4.50. The van der Waals surface area contributed by atoms with Gasteiger partial charge in [-0.2, -0.15) is 23.4 Å². The Bertz CT molecular complexity index is 1360. The molecule has 2 heterocycles. The first kappa shape index (κ1) is 23.7. The fourth-order valence-corrected chi connectivity index (χ4v) is 3.23. The van der Waals surface area contributed by atoms with Crippen LogP contribution >= 0.6 is 0 Å². The van der Waals surface area contributed by atoms with Gasteiger partial charge >= 0.3 is 6.18 Å². The summed E-state index contributed by atoms with van der Waals surface area (Å²) in [4.78, 5) is 15.9. The van der Waals surface area contributed by atoms with E-state index in [1.807, 2.05) is 6.07 Å². The Balaban J connectivity index is 1.59. The molecule has 0 spiro atoms. The summed E-state index contributed by atoms with van der Waals surface area (Å²) in [5.41, 5.74) is -0.717. The number of alkyl halides is 3. The second-order valence-corrected chi connectivity index (χ2v) is 7.25. The molecule has 35 heavy (non-hydrogen) atoms. The Labute approximate surface area is 195 Å². The number of benzene rings is 2. The lowest BCUT2D eigenvalue weighted by Crippen LogP contribution is -2.29. The van der Waals surface area contributed by atoms with Crippen molar-refractivity contribution in [1.82, 2.24) is 20.6 Å². The van der Waals surface area contributed by atoms with Crippen LogP contribution in [0, 0.1) is 11.3 Å². The van der Waals surface area contributed by atoms with Gasteiger partial charge in [-0.3, -0.25) is 4.79 Å². The van der Waals surface area contributed by atoms with Gasteiger partial charge in [-0.15, -0.1) is 0 Å². The summed E-state index contributed by atoms with van der Waals surface area (Å²) in [6.07, 6.45) is -6.17. The first-order chi connectivity index (χ1) is 16.8. The molecule has 0 unspecified atom stereocenters. The predicted molar refractivity (Wildman–Crippen MR) is 114 cm³/mol. The highest BCUT2D eigenvalue weighted by Gasteiger charge is 2.42. The second kappa shape index (κ2) is 9.78. The van der Waals surface area contributed by atoms with E-state index in [-0.39, 0.29) is 29.9 Å². The van der Waals surface area contributed by atoms with Gasteiger partial charge in [-0.25, -0.2) is 0 Å². The molecule has 12 heteroatoms. The number of carbonyl (C=O) groups excluding carboxylic acids is 1. The van der Waals surface area contributed by atoms with Crippen molar-refractivity contribution in [3.63, 3.8) is 0 Å². The second-order valence-electron chi connectivity index (χ2n) is 7.25. The zero-order chi connectivity index (χ0) is 25.0. The van der Waals surface area contributed by atoms with Gasteiger partial charge in [0.1, 0.15) is 11.3 Å². The van der Waals surface area contributed by atoms with Crippen LogP contribution in [0.5, 0.6) is 0 Å². The van der Waals surface area contributed by atoms with Crippen LogP contribution in [0.25, 0.3) is 34.3 Å². The van der Waals surface area contributed by atoms with Gasteiger partial charge in [0, 0.05) is 17.7 Å². The minimum Gasteiger partial charge on any atom is -0.378 e. The van der Waals surface area contributed by atoms with E-state index >= 15 is 0 Å². The van der Waals surface area contributed by atoms with Crippen LogP contribution in [-0.4, -0.2) is 32.9 Å². The summed E-state index contributed by atoms with van der Waals surface area (Å²) in [5.74, 6) is -1.93. The average Bonchev–Trinajstić information content (AvgIpc) is 3.52. The molecule has 0 fully saturated rings. The van der Waals surface area contributed by atoms with Crippen molar-refractivity contribution in [1.29, 1.82) is 5.26 Å². The molecular weight excluding hydrogens is 467 g/mol. The molecule has 0 aliphatic heterocycles. The van der Waals surface area contributed by atoms with Crippen LogP contribution in [0.1, 0.15) is 23.7 Å². The first-order valence-corrected chi connectivity index (χ1v) is 10.2. The summed E-state index contributed by atoms with van der Waals surface area (Å²) in [7, 11) is 0. The van der Waals surface area contributed by atoms with E-state index < -0.39 is 41.1 Å². The minimum absolute atomic E-state index is 0.0368. The topological polar surface area (TPSA) is 138 Å². The van der Waals surface area contributed by atoms with Gasteiger partial charge in [-0.05, 0) is 5.56 Å². The molecule has 9 nitrogen and oxygen atoms in total. The molecule has 0 saturated heterocycles. The molecule has 2 aromatic heterocycles. The van der Waals surface area contributed by atoms with Gasteiger partial charge < -0.3 is 19.5 Å². The fourth-order valence-electron chi connectivity index (χ4n) is 3.23. The Morgan fingerprint density at radius 1 is 1.06 bits per heavy atom. The van der Waals surface area contributed by atoms with Crippen molar-refractivity contribution in [3.8, 4) is 40.4 Å². The number of amides is 1. The van der Waals surface area contributed by atoms with Gasteiger partial charge in [0.15, 0.2) is 6.10 Å². The maximum absolute atomic E-state index is 13.9. The number of hydrogen-bond acceptors (Lipinski definition) is 8. The largest absolute Gasteiger partial charge is 0.422 e. The molecule has 0 saturated carbocycles. The van der Waals surface area contributed by atoms with Gasteiger partial charge in [0.05, 0.1) is 12.5 Å². The maximum atomic E-state index is 13.9. The monoisotopic (exact) mass is 483 g/mol. The average molecular weight is 483 g/mol. The van der Waals surface area contributed by atoms with E-state index in [0.717, 1.165) is 0 Å². The van der Waals surface area contributed by atoms with Crippen LogP contribution < -0.4 is 5.32 Å². The number of hydrogen-bond donors (Lipinski definition) is 2. The smallest absolute Gasteiger partial charge is 0.378 e. The van der Waals surface area contributed by atoms with Crippen molar-refractivity contribution in [2.45, 2.75) is 18.7 Å². The molecular formula is C23H16F3N5O4. The number of nitrogens with zero attached hydrogens (tertiary/aromatic N) is 4. The van der Waals surface area contributed by atoms with E-state index in [1.165, 1.54) is 36.4 Å². The lowest BCUT2D eigenvalue weighted by Gasteiger charge is -2.11. The van der Waals surface area contributed by atoms with Crippen molar-refractivity contribution in [2.75, 3.05) is 6.54 Å². The highest BCUT2D eigenvalue weighted by molar-refractivity contribution is 5.82. The van der Waals surface area contributed by atoms with Crippen LogP contribution in [0.4, 0.5) is 13.2 Å². The van der Waals surface area contributed by atoms with E-state index in [9.17, 15) is 23.1 Å². The number of nitrogens with one attached hydrogen (secondary N) is 1. The molecule has 4 rings (SSSR count). The summed E-state index contributed by atoms with van der Waals surface area (Å²) in [6.45, 7) is 0.101. The third kappa shape index (κ3) is 5.04. The van der Waals surface area contributed by atoms with E-state index in [4.69, 9.17) is 14.3 Å². The molecule has 4 aromatic rings. The standard InChI is InChI=1S/C23H16F3N5O4/c24-23(25,26)16-17(13-5-2-1-3-6-13)30-34-19(16)22-29-20(31-35-22)15-9-7-14(8-10-15)18(32)21(33)28-12-4-11-27/h1-3,5-10,18,32H,4,12H2,(H,28,33)/t18-/m0/s1. The maximum Gasteiger partial charge on any atom is 0.422 e. The minimum atomic E-state index is -4.80. The predicted octanol–water partition coefficient (Wildman–Crippen LogP) is 4.14. The lowest BCUT2D eigenvalue weighted by atomic mass is 10.1. The van der Waals surface area contributed by atoms with Crippen molar-refractivity contribution >= 4 is 5.91 Å². The third-order valence-corrected chi connectivity index (χ3v) is 4.91. The number of halogens is 3. The fraction of sp³-hybridized carbons (Fsp3) is 0.174.